The maximum atomic E-state index is 12.3. The van der Waals surface area contributed by atoms with E-state index in [4.69, 9.17) is 5.11 Å². The van der Waals surface area contributed by atoms with E-state index in [0.29, 0.717) is 29.9 Å². The van der Waals surface area contributed by atoms with Gasteiger partial charge in [-0.1, -0.05) is 6.08 Å². The molecule has 5 nitrogen and oxygen atoms in total. The molecule has 1 heterocycles. The van der Waals surface area contributed by atoms with E-state index in [-0.39, 0.29) is 11.6 Å². The summed E-state index contributed by atoms with van der Waals surface area (Å²) in [7, 11) is 0. The van der Waals surface area contributed by atoms with Crippen molar-refractivity contribution in [2.24, 2.45) is 0 Å². The lowest BCUT2D eigenvalue weighted by Gasteiger charge is -2.19. The standard InChI is InChI=1S/C13H18N2O3/c1-5-7-15(6-2)12(16)10-8(3)11(13(17)18)14-9(10)4/h5,14H,1,6-7H2,2-4H3,(H,17,18). The number of carbonyl (C=O) groups excluding carboxylic acids is 1. The van der Waals surface area contributed by atoms with E-state index in [1.165, 1.54) is 0 Å². The van der Waals surface area contributed by atoms with E-state index in [1.54, 1.807) is 24.8 Å². The lowest BCUT2D eigenvalue weighted by atomic mass is 10.1. The summed E-state index contributed by atoms with van der Waals surface area (Å²) in [6.07, 6.45) is 1.65. The first-order valence-electron chi connectivity index (χ1n) is 5.76. The van der Waals surface area contributed by atoms with Crippen LogP contribution in [0.15, 0.2) is 12.7 Å². The van der Waals surface area contributed by atoms with Crippen LogP contribution in [0.4, 0.5) is 0 Å². The molecular weight excluding hydrogens is 232 g/mol. The molecule has 0 atom stereocenters. The van der Waals surface area contributed by atoms with Gasteiger partial charge in [0.2, 0.25) is 0 Å². The van der Waals surface area contributed by atoms with Crippen LogP contribution in [0.25, 0.3) is 0 Å². The van der Waals surface area contributed by atoms with E-state index in [9.17, 15) is 9.59 Å². The number of likely N-dealkylation sites (N-methyl/N-ethyl adjacent to an activating group) is 1. The van der Waals surface area contributed by atoms with Crippen LogP contribution in [0.3, 0.4) is 0 Å². The zero-order valence-corrected chi connectivity index (χ0v) is 10.9. The van der Waals surface area contributed by atoms with E-state index in [0.717, 1.165) is 0 Å². The van der Waals surface area contributed by atoms with E-state index < -0.39 is 5.97 Å². The van der Waals surface area contributed by atoms with Crippen molar-refractivity contribution in [1.29, 1.82) is 0 Å². The molecule has 98 valence electrons. The Morgan fingerprint density at radius 2 is 2.06 bits per heavy atom. The third kappa shape index (κ3) is 2.45. The molecule has 5 heteroatoms. The summed E-state index contributed by atoms with van der Waals surface area (Å²) in [5.74, 6) is -1.22. The lowest BCUT2D eigenvalue weighted by molar-refractivity contribution is 0.0690. The monoisotopic (exact) mass is 250 g/mol. The minimum absolute atomic E-state index is 0.0745. The maximum absolute atomic E-state index is 12.3. The molecule has 0 unspecified atom stereocenters. The molecule has 0 spiro atoms. The van der Waals surface area contributed by atoms with Gasteiger partial charge in [0.15, 0.2) is 0 Å². The minimum Gasteiger partial charge on any atom is -0.477 e. The number of nitrogens with one attached hydrogen (secondary N) is 1. The van der Waals surface area contributed by atoms with Crippen molar-refractivity contribution in [2.45, 2.75) is 20.8 Å². The van der Waals surface area contributed by atoms with Gasteiger partial charge in [0.25, 0.3) is 5.91 Å². The summed E-state index contributed by atoms with van der Waals surface area (Å²) in [5.41, 5.74) is 1.58. The highest BCUT2D eigenvalue weighted by Gasteiger charge is 2.24. The summed E-state index contributed by atoms with van der Waals surface area (Å²) in [4.78, 5) is 27.7. The second-order valence-corrected chi connectivity index (χ2v) is 4.06. The van der Waals surface area contributed by atoms with Gasteiger partial charge in [0.05, 0.1) is 5.56 Å². The Morgan fingerprint density at radius 1 is 1.44 bits per heavy atom. The number of rotatable bonds is 5. The first-order chi connectivity index (χ1) is 8.43. The second-order valence-electron chi connectivity index (χ2n) is 4.06. The van der Waals surface area contributed by atoms with Gasteiger partial charge in [0.1, 0.15) is 5.69 Å². The third-order valence-electron chi connectivity index (χ3n) is 2.88. The molecule has 1 rings (SSSR count). The summed E-state index contributed by atoms with van der Waals surface area (Å²) in [6.45, 7) is 9.82. The van der Waals surface area contributed by atoms with E-state index in [1.807, 2.05) is 6.92 Å². The molecule has 0 fully saturated rings. The maximum Gasteiger partial charge on any atom is 0.352 e. The average Bonchev–Trinajstić information content (AvgIpc) is 2.61. The number of H-pyrrole nitrogens is 1. The molecule has 0 saturated carbocycles. The summed E-state index contributed by atoms with van der Waals surface area (Å²) in [6, 6.07) is 0. The molecule has 1 amide bonds. The molecular formula is C13H18N2O3. The van der Waals surface area contributed by atoms with E-state index >= 15 is 0 Å². The van der Waals surface area contributed by atoms with Crippen LogP contribution in [-0.4, -0.2) is 40.0 Å². The number of aryl methyl sites for hydroxylation is 1. The molecule has 0 radical (unpaired) electrons. The number of nitrogens with zero attached hydrogens (tertiary/aromatic N) is 1. The van der Waals surface area contributed by atoms with Crippen molar-refractivity contribution in [3.63, 3.8) is 0 Å². The predicted molar refractivity (Wildman–Crippen MR) is 69.0 cm³/mol. The minimum atomic E-state index is -1.05. The number of aromatic carboxylic acids is 1. The molecule has 0 saturated heterocycles. The van der Waals surface area contributed by atoms with Gasteiger partial charge in [0, 0.05) is 18.8 Å². The smallest absolute Gasteiger partial charge is 0.352 e. The molecule has 18 heavy (non-hydrogen) atoms. The SMILES string of the molecule is C=CCN(CC)C(=O)c1c(C)[nH]c(C(=O)O)c1C. The van der Waals surface area contributed by atoms with Crippen LogP contribution in [0.1, 0.15) is 39.0 Å². The molecule has 0 aliphatic carbocycles. The second kappa shape index (κ2) is 5.53. The Balaban J connectivity index is 3.20. The zero-order valence-electron chi connectivity index (χ0n) is 10.9. The van der Waals surface area contributed by atoms with Gasteiger partial charge in [-0.05, 0) is 26.3 Å². The topological polar surface area (TPSA) is 73.4 Å². The van der Waals surface area contributed by atoms with Crippen LogP contribution in [0.5, 0.6) is 0 Å². The number of carboxylic acid groups (broad SMARTS) is 1. The fourth-order valence-corrected chi connectivity index (χ4v) is 1.95. The summed E-state index contributed by atoms with van der Waals surface area (Å²) in [5, 5.41) is 9.01. The number of hydrogen-bond acceptors (Lipinski definition) is 2. The Hall–Kier alpha value is -2.04. The van der Waals surface area contributed by atoms with Crippen molar-refractivity contribution in [1.82, 2.24) is 9.88 Å². The highest BCUT2D eigenvalue weighted by Crippen LogP contribution is 2.19. The summed E-state index contributed by atoms with van der Waals surface area (Å²) < 4.78 is 0. The molecule has 2 N–H and O–H groups in total. The first kappa shape index (κ1) is 14.0. The summed E-state index contributed by atoms with van der Waals surface area (Å²) >= 11 is 0. The number of aromatic amines is 1. The van der Waals surface area contributed by atoms with Crippen LogP contribution in [-0.2, 0) is 0 Å². The fraction of sp³-hybridized carbons (Fsp3) is 0.385. The lowest BCUT2D eigenvalue weighted by Crippen LogP contribution is -2.31. The van der Waals surface area contributed by atoms with Crippen molar-refractivity contribution in [3.8, 4) is 0 Å². The van der Waals surface area contributed by atoms with E-state index in [2.05, 4.69) is 11.6 Å². The van der Waals surface area contributed by atoms with Crippen molar-refractivity contribution in [3.05, 3.63) is 35.2 Å². The Kier molecular flexibility index (Phi) is 4.31. The number of amides is 1. The average molecular weight is 250 g/mol. The fourth-order valence-electron chi connectivity index (χ4n) is 1.95. The van der Waals surface area contributed by atoms with Crippen LogP contribution >= 0.6 is 0 Å². The predicted octanol–water partition coefficient (Wildman–Crippen LogP) is 1.98. The van der Waals surface area contributed by atoms with Gasteiger partial charge < -0.3 is 15.0 Å². The zero-order chi connectivity index (χ0) is 13.9. The molecule has 0 aliphatic heterocycles. The van der Waals surface area contributed by atoms with Crippen LogP contribution < -0.4 is 0 Å². The number of hydrogen-bond donors (Lipinski definition) is 2. The third-order valence-corrected chi connectivity index (χ3v) is 2.88. The molecule has 1 aromatic rings. The quantitative estimate of drug-likeness (QED) is 0.785. The first-order valence-corrected chi connectivity index (χ1v) is 5.76. The molecule has 0 aliphatic rings. The van der Waals surface area contributed by atoms with Gasteiger partial charge in [-0.25, -0.2) is 4.79 Å². The Morgan fingerprint density at radius 3 is 2.44 bits per heavy atom. The highest BCUT2D eigenvalue weighted by atomic mass is 16.4. The van der Waals surface area contributed by atoms with Crippen molar-refractivity contribution < 1.29 is 14.7 Å². The van der Waals surface area contributed by atoms with Crippen LogP contribution in [0.2, 0.25) is 0 Å². The van der Waals surface area contributed by atoms with Gasteiger partial charge >= 0.3 is 5.97 Å². The molecule has 0 aromatic carbocycles. The Labute approximate surface area is 106 Å². The van der Waals surface area contributed by atoms with Gasteiger partial charge in [-0.15, -0.1) is 6.58 Å². The molecule has 1 aromatic heterocycles. The van der Waals surface area contributed by atoms with Gasteiger partial charge in [-0.3, -0.25) is 4.79 Å². The highest BCUT2D eigenvalue weighted by molar-refractivity contribution is 6.00. The van der Waals surface area contributed by atoms with Crippen molar-refractivity contribution >= 4 is 11.9 Å². The largest absolute Gasteiger partial charge is 0.477 e. The number of carboxylic acids is 1. The number of carbonyl (C=O) groups is 2. The van der Waals surface area contributed by atoms with Crippen LogP contribution in [0, 0.1) is 13.8 Å². The van der Waals surface area contributed by atoms with Crippen molar-refractivity contribution in [2.75, 3.05) is 13.1 Å². The number of aromatic nitrogens is 1. The normalized spacial score (nSPS) is 10.2. The van der Waals surface area contributed by atoms with Gasteiger partial charge in [-0.2, -0.15) is 0 Å². The Bertz CT molecular complexity index is 489. The molecule has 0 bridgehead atoms.